The third kappa shape index (κ3) is 2.89. The number of carbonyl (C=O) groups excluding carboxylic acids is 1. The highest BCUT2D eigenvalue weighted by Crippen LogP contribution is 2.31. The van der Waals surface area contributed by atoms with Crippen LogP contribution in [0.2, 0.25) is 0 Å². The molecule has 5 heteroatoms. The van der Waals surface area contributed by atoms with Crippen molar-refractivity contribution in [1.82, 2.24) is 4.90 Å². The van der Waals surface area contributed by atoms with Crippen LogP contribution in [0.5, 0.6) is 0 Å². The molecule has 0 bridgehead atoms. The first-order chi connectivity index (χ1) is 6.85. The summed E-state index contributed by atoms with van der Waals surface area (Å²) in [6.07, 6.45) is 1.52. The molecular weight excluding hydrogens is 210 g/mol. The monoisotopic (exact) mass is 229 g/mol. The lowest BCUT2D eigenvalue weighted by molar-refractivity contribution is -0.126. The first-order valence-electron chi connectivity index (χ1n) is 5.17. The van der Waals surface area contributed by atoms with Gasteiger partial charge in [0.2, 0.25) is 5.91 Å². The van der Waals surface area contributed by atoms with Gasteiger partial charge in [0.1, 0.15) is 0 Å². The van der Waals surface area contributed by atoms with Crippen LogP contribution in [-0.2, 0) is 4.79 Å². The molecule has 4 nitrogen and oxygen atoms in total. The van der Waals surface area contributed by atoms with Gasteiger partial charge >= 0.3 is 0 Å². The second kappa shape index (κ2) is 4.45. The predicted molar refractivity (Wildman–Crippen MR) is 64.4 cm³/mol. The molecule has 2 unspecified atom stereocenters. The summed E-state index contributed by atoms with van der Waals surface area (Å²) in [5.74, 6) is -0.215. The summed E-state index contributed by atoms with van der Waals surface area (Å²) < 4.78 is 0. The van der Waals surface area contributed by atoms with E-state index in [-0.39, 0.29) is 11.3 Å². The molecule has 0 spiro atoms. The van der Waals surface area contributed by atoms with Gasteiger partial charge < -0.3 is 11.5 Å². The number of primary amides is 1. The van der Waals surface area contributed by atoms with Crippen molar-refractivity contribution in [3.8, 4) is 0 Å². The molecule has 1 aliphatic rings. The fourth-order valence-electron chi connectivity index (χ4n) is 1.99. The summed E-state index contributed by atoms with van der Waals surface area (Å²) in [6.45, 7) is 5.60. The molecule has 1 saturated heterocycles. The van der Waals surface area contributed by atoms with Crippen molar-refractivity contribution in [3.05, 3.63) is 0 Å². The maximum absolute atomic E-state index is 11.3. The lowest BCUT2D eigenvalue weighted by atomic mass is 9.89. The summed E-state index contributed by atoms with van der Waals surface area (Å²) in [7, 11) is 0. The maximum Gasteiger partial charge on any atom is 0.224 e. The third-order valence-electron chi connectivity index (χ3n) is 3.22. The number of rotatable bonds is 4. The Morgan fingerprint density at radius 3 is 2.60 bits per heavy atom. The van der Waals surface area contributed by atoms with Gasteiger partial charge in [-0.05, 0) is 26.8 Å². The first kappa shape index (κ1) is 12.4. The molecule has 1 fully saturated rings. The van der Waals surface area contributed by atoms with Crippen molar-refractivity contribution < 1.29 is 4.79 Å². The Balaban J connectivity index is 2.56. The predicted octanol–water partition coefficient (Wildman–Crippen LogP) is 0.248. The molecule has 0 radical (unpaired) electrons. The summed E-state index contributed by atoms with van der Waals surface area (Å²) in [5, 5.41) is 0. The van der Waals surface area contributed by atoms with Crippen LogP contribution in [0.1, 0.15) is 26.7 Å². The van der Waals surface area contributed by atoms with Gasteiger partial charge in [0.05, 0.1) is 10.4 Å². The van der Waals surface area contributed by atoms with Crippen molar-refractivity contribution in [3.63, 3.8) is 0 Å². The van der Waals surface area contributed by atoms with Crippen LogP contribution in [-0.4, -0.2) is 34.9 Å². The minimum atomic E-state index is -0.384. The Morgan fingerprint density at radius 1 is 1.60 bits per heavy atom. The summed E-state index contributed by atoms with van der Waals surface area (Å²) in [4.78, 5) is 14.0. The number of amides is 1. The summed E-state index contributed by atoms with van der Waals surface area (Å²) >= 11 is 4.88. The fourth-order valence-corrected chi connectivity index (χ4v) is 2.24. The largest absolute Gasteiger partial charge is 0.393 e. The molecule has 0 aromatic rings. The molecule has 1 amide bonds. The van der Waals surface area contributed by atoms with Gasteiger partial charge in [-0.15, -0.1) is 0 Å². The number of carbonyl (C=O) groups is 1. The van der Waals surface area contributed by atoms with E-state index in [4.69, 9.17) is 23.7 Å². The summed E-state index contributed by atoms with van der Waals surface area (Å²) in [5.41, 5.74) is 10.5. The highest BCUT2D eigenvalue weighted by Gasteiger charge is 2.40. The Kier molecular flexibility index (Phi) is 3.67. The van der Waals surface area contributed by atoms with Gasteiger partial charge in [-0.3, -0.25) is 9.69 Å². The van der Waals surface area contributed by atoms with Crippen LogP contribution in [0.25, 0.3) is 0 Å². The zero-order valence-electron chi connectivity index (χ0n) is 9.32. The minimum absolute atomic E-state index is 0.215. The van der Waals surface area contributed by atoms with E-state index < -0.39 is 0 Å². The SMILES string of the molecule is CC(CC(N)=S)N1CCC(C)(C(N)=O)C1. The minimum Gasteiger partial charge on any atom is -0.393 e. The number of likely N-dealkylation sites (tertiary alicyclic amines) is 1. The van der Waals surface area contributed by atoms with Gasteiger partial charge in [-0.25, -0.2) is 0 Å². The second-order valence-corrected chi connectivity index (χ2v) is 5.19. The topological polar surface area (TPSA) is 72.3 Å². The van der Waals surface area contributed by atoms with Crippen molar-refractivity contribution in [2.45, 2.75) is 32.7 Å². The molecule has 0 aromatic heterocycles. The van der Waals surface area contributed by atoms with Gasteiger partial charge in [-0.2, -0.15) is 0 Å². The smallest absolute Gasteiger partial charge is 0.224 e. The van der Waals surface area contributed by atoms with Crippen molar-refractivity contribution >= 4 is 23.1 Å². The first-order valence-corrected chi connectivity index (χ1v) is 5.58. The van der Waals surface area contributed by atoms with E-state index in [1.54, 1.807) is 0 Å². The molecule has 2 atom stereocenters. The fraction of sp³-hybridized carbons (Fsp3) is 0.800. The van der Waals surface area contributed by atoms with E-state index in [1.165, 1.54) is 0 Å². The van der Waals surface area contributed by atoms with E-state index in [0.29, 0.717) is 24.0 Å². The molecule has 0 aromatic carbocycles. The standard InChI is InChI=1S/C10H19N3OS/c1-7(5-8(11)15)13-4-3-10(2,6-13)9(12)14/h7H,3-6H2,1-2H3,(H2,11,15)(H2,12,14). The van der Waals surface area contributed by atoms with E-state index >= 15 is 0 Å². The molecule has 1 aliphatic heterocycles. The van der Waals surface area contributed by atoms with Gasteiger partial charge in [0.25, 0.3) is 0 Å². The molecule has 4 N–H and O–H groups in total. The van der Waals surface area contributed by atoms with E-state index in [9.17, 15) is 4.79 Å². The molecule has 0 aliphatic carbocycles. The molecule has 1 rings (SSSR count). The number of hydrogen-bond donors (Lipinski definition) is 2. The zero-order chi connectivity index (χ0) is 11.6. The Morgan fingerprint density at radius 2 is 2.20 bits per heavy atom. The number of hydrogen-bond acceptors (Lipinski definition) is 3. The average Bonchev–Trinajstić information content (AvgIpc) is 2.48. The van der Waals surface area contributed by atoms with Gasteiger partial charge in [-0.1, -0.05) is 12.2 Å². The van der Waals surface area contributed by atoms with Crippen LogP contribution in [0, 0.1) is 5.41 Å². The van der Waals surface area contributed by atoms with Crippen LogP contribution < -0.4 is 11.5 Å². The van der Waals surface area contributed by atoms with Crippen LogP contribution >= 0.6 is 12.2 Å². The molecule has 1 heterocycles. The third-order valence-corrected chi connectivity index (χ3v) is 3.38. The molecular formula is C10H19N3OS. The van der Waals surface area contributed by atoms with Crippen molar-refractivity contribution in [1.29, 1.82) is 0 Å². The average molecular weight is 229 g/mol. The number of thiocarbonyl (C=S) groups is 1. The van der Waals surface area contributed by atoms with Crippen LogP contribution in [0.4, 0.5) is 0 Å². The van der Waals surface area contributed by atoms with Crippen LogP contribution in [0.3, 0.4) is 0 Å². The number of nitrogens with zero attached hydrogens (tertiary/aromatic N) is 1. The van der Waals surface area contributed by atoms with E-state index in [1.807, 2.05) is 6.92 Å². The van der Waals surface area contributed by atoms with Gasteiger partial charge in [0.15, 0.2) is 0 Å². The van der Waals surface area contributed by atoms with Gasteiger partial charge in [0, 0.05) is 19.0 Å². The highest BCUT2D eigenvalue weighted by molar-refractivity contribution is 7.80. The quantitative estimate of drug-likeness (QED) is 0.678. The second-order valence-electron chi connectivity index (χ2n) is 4.66. The Hall–Kier alpha value is -0.680. The molecule has 86 valence electrons. The maximum atomic E-state index is 11.3. The lowest BCUT2D eigenvalue weighted by Crippen LogP contribution is -2.40. The molecule has 0 saturated carbocycles. The summed E-state index contributed by atoms with van der Waals surface area (Å²) in [6, 6.07) is 0.295. The normalized spacial score (nSPS) is 28.9. The van der Waals surface area contributed by atoms with Crippen LogP contribution in [0.15, 0.2) is 0 Å². The Bertz CT molecular complexity index is 282. The highest BCUT2D eigenvalue weighted by atomic mass is 32.1. The van der Waals surface area contributed by atoms with Crippen molar-refractivity contribution in [2.75, 3.05) is 13.1 Å². The van der Waals surface area contributed by atoms with Crippen molar-refractivity contribution in [2.24, 2.45) is 16.9 Å². The zero-order valence-corrected chi connectivity index (χ0v) is 10.1. The Labute approximate surface area is 96.0 Å². The number of nitrogens with two attached hydrogens (primary N) is 2. The van der Waals surface area contributed by atoms with E-state index in [0.717, 1.165) is 13.0 Å². The lowest BCUT2D eigenvalue weighted by Gasteiger charge is -2.26. The molecule has 15 heavy (non-hydrogen) atoms. The van der Waals surface area contributed by atoms with E-state index in [2.05, 4.69) is 11.8 Å².